The number of carboxylic acid groups (broad SMARTS) is 1. The molecule has 0 aromatic rings. The van der Waals surface area contributed by atoms with E-state index in [9.17, 15) is 43.5 Å². The van der Waals surface area contributed by atoms with Crippen molar-refractivity contribution in [2.75, 3.05) is 19.6 Å². The minimum Gasteiger partial charge on any atom is -0.480 e. The lowest BCUT2D eigenvalue weighted by atomic mass is 9.98. The minimum atomic E-state index is -1.47. The van der Waals surface area contributed by atoms with Gasteiger partial charge in [0.2, 0.25) is 41.4 Å². The van der Waals surface area contributed by atoms with Crippen molar-refractivity contribution in [3.05, 3.63) is 0 Å². The number of aliphatic carboxylic acids is 1. The number of rotatable bonds is 23. The van der Waals surface area contributed by atoms with E-state index in [2.05, 4.69) is 31.9 Å². The van der Waals surface area contributed by atoms with Crippen molar-refractivity contribution in [3.63, 3.8) is 0 Å². The SMILES string of the molecule is CC[C@H](C)[C@H](NC(=O)[C@H](C)NC(=O)[C@H](CC(N)=O)NC(=O)[C@@H]1CCCN1C(=O)[C@@H](N)CC(C)C)C(=O)NCC(=O)N[C@@H](CCCNC(N)N)C(=O)O. The van der Waals surface area contributed by atoms with Crippen LogP contribution in [0.15, 0.2) is 0 Å². The van der Waals surface area contributed by atoms with E-state index >= 15 is 0 Å². The van der Waals surface area contributed by atoms with Crippen LogP contribution in [0.2, 0.25) is 0 Å². The maximum absolute atomic E-state index is 13.3. The van der Waals surface area contributed by atoms with Gasteiger partial charge in [0.25, 0.3) is 0 Å². The molecule has 0 unspecified atom stereocenters. The molecule has 52 heavy (non-hydrogen) atoms. The highest BCUT2D eigenvalue weighted by molar-refractivity contribution is 5.98. The van der Waals surface area contributed by atoms with E-state index in [1.54, 1.807) is 13.8 Å². The Labute approximate surface area is 304 Å². The monoisotopic (exact) mass is 741 g/mol. The zero-order valence-electron chi connectivity index (χ0n) is 30.7. The zero-order chi connectivity index (χ0) is 39.7. The van der Waals surface area contributed by atoms with E-state index in [0.29, 0.717) is 45.2 Å². The van der Waals surface area contributed by atoms with Gasteiger partial charge < -0.3 is 59.5 Å². The molecule has 1 aliphatic rings. The standard InChI is InChI=1S/C32H59N11O9/c1-6-17(4)25(29(49)38-15-24(45)40-20(31(51)52)9-7-11-37-32(35)36)42-26(46)18(5)39-27(47)21(14-23(34)44)41-28(48)22-10-8-12-43(22)30(50)19(33)13-16(2)3/h16-22,25,32,37H,6-15,33,35-36H2,1-5H3,(H2,34,44)(H,38,49)(H,39,47)(H,40,45)(H,41,48)(H,42,46)(H,51,52)/t17-,18-,19-,20-,21-,22-,25-/m0/s1. The number of amides is 7. The Morgan fingerprint density at radius 1 is 0.865 bits per heavy atom. The van der Waals surface area contributed by atoms with Crippen molar-refractivity contribution in [2.24, 2.45) is 34.8 Å². The number of hydrogen-bond donors (Lipinski definition) is 11. The van der Waals surface area contributed by atoms with Crippen LogP contribution < -0.4 is 54.8 Å². The molecule has 20 nitrogen and oxygen atoms in total. The Kier molecular flexibility index (Phi) is 19.8. The molecule has 0 spiro atoms. The Morgan fingerprint density at radius 3 is 2.08 bits per heavy atom. The number of likely N-dealkylation sites (tertiary alicyclic amines) is 1. The first-order chi connectivity index (χ1) is 24.3. The number of nitrogens with two attached hydrogens (primary N) is 4. The molecule has 0 aliphatic carbocycles. The van der Waals surface area contributed by atoms with E-state index in [-0.39, 0.29) is 12.3 Å². The lowest BCUT2D eigenvalue weighted by Gasteiger charge is -2.29. The molecule has 0 radical (unpaired) electrons. The van der Waals surface area contributed by atoms with Crippen molar-refractivity contribution >= 4 is 47.3 Å². The number of primary amides is 1. The summed E-state index contributed by atoms with van der Waals surface area (Å²) in [5, 5.41) is 24.4. The fraction of sp³-hybridized carbons (Fsp3) is 0.750. The van der Waals surface area contributed by atoms with Gasteiger partial charge in [-0.2, -0.15) is 0 Å². The second-order valence-electron chi connectivity index (χ2n) is 13.6. The Balaban J connectivity index is 2.88. The average molecular weight is 742 g/mol. The maximum atomic E-state index is 13.3. The van der Waals surface area contributed by atoms with Crippen LogP contribution in [0, 0.1) is 11.8 Å². The molecule has 15 N–H and O–H groups in total. The topological polar surface area (TPSA) is 336 Å². The summed E-state index contributed by atoms with van der Waals surface area (Å²) in [6, 6.07) is -6.84. The summed E-state index contributed by atoms with van der Waals surface area (Å²) < 4.78 is 0. The Morgan fingerprint density at radius 2 is 1.52 bits per heavy atom. The molecule has 7 atom stereocenters. The number of carboxylic acids is 1. The minimum absolute atomic E-state index is 0.0692. The van der Waals surface area contributed by atoms with Crippen LogP contribution in [0.3, 0.4) is 0 Å². The highest BCUT2D eigenvalue weighted by atomic mass is 16.4. The van der Waals surface area contributed by atoms with Crippen LogP contribution in [-0.2, 0) is 38.4 Å². The molecular weight excluding hydrogens is 682 g/mol. The molecule has 0 aromatic heterocycles. The highest BCUT2D eigenvalue weighted by Gasteiger charge is 2.38. The first kappa shape index (κ1) is 45.6. The molecule has 0 aromatic carbocycles. The van der Waals surface area contributed by atoms with Crippen molar-refractivity contribution < 1.29 is 43.5 Å². The predicted molar refractivity (Wildman–Crippen MR) is 189 cm³/mol. The predicted octanol–water partition coefficient (Wildman–Crippen LogP) is -4.00. The first-order valence-electron chi connectivity index (χ1n) is 17.6. The van der Waals surface area contributed by atoms with Crippen molar-refractivity contribution in [3.8, 4) is 0 Å². The van der Waals surface area contributed by atoms with Crippen LogP contribution in [0.4, 0.5) is 0 Å². The largest absolute Gasteiger partial charge is 0.480 e. The lowest BCUT2D eigenvalue weighted by Crippen LogP contribution is -2.59. The summed E-state index contributed by atoms with van der Waals surface area (Å²) in [6.45, 7) is 8.65. The van der Waals surface area contributed by atoms with Gasteiger partial charge in [0, 0.05) is 6.54 Å². The number of carbonyl (C=O) groups is 8. The second-order valence-corrected chi connectivity index (χ2v) is 13.6. The summed E-state index contributed by atoms with van der Waals surface area (Å²) in [6.07, 6.45) is 0.745. The molecule has 1 rings (SSSR count). The molecule has 1 fully saturated rings. The third-order valence-corrected chi connectivity index (χ3v) is 8.57. The highest BCUT2D eigenvalue weighted by Crippen LogP contribution is 2.20. The fourth-order valence-corrected chi connectivity index (χ4v) is 5.52. The molecule has 1 aliphatic heterocycles. The maximum Gasteiger partial charge on any atom is 0.326 e. The van der Waals surface area contributed by atoms with Gasteiger partial charge in [0.05, 0.1) is 19.0 Å². The summed E-state index contributed by atoms with van der Waals surface area (Å²) in [7, 11) is 0. The molecule has 20 heteroatoms. The lowest BCUT2D eigenvalue weighted by molar-refractivity contribution is -0.142. The zero-order valence-corrected chi connectivity index (χ0v) is 30.7. The van der Waals surface area contributed by atoms with Crippen LogP contribution >= 0.6 is 0 Å². The molecular formula is C32H59N11O9. The number of nitrogens with zero attached hydrogens (tertiary/aromatic N) is 1. The van der Waals surface area contributed by atoms with Crippen LogP contribution in [0.25, 0.3) is 0 Å². The van der Waals surface area contributed by atoms with E-state index in [0.717, 1.165) is 0 Å². The van der Waals surface area contributed by atoms with Gasteiger partial charge >= 0.3 is 5.97 Å². The van der Waals surface area contributed by atoms with Crippen molar-refractivity contribution in [1.82, 2.24) is 36.8 Å². The summed E-state index contributed by atoms with van der Waals surface area (Å²) in [5.74, 6) is -6.73. The van der Waals surface area contributed by atoms with Gasteiger partial charge in [-0.25, -0.2) is 4.79 Å². The summed E-state index contributed by atoms with van der Waals surface area (Å²) in [5.41, 5.74) is 22.2. The van der Waals surface area contributed by atoms with Crippen LogP contribution in [0.1, 0.15) is 79.6 Å². The molecule has 1 saturated heterocycles. The third-order valence-electron chi connectivity index (χ3n) is 8.57. The van der Waals surface area contributed by atoms with Gasteiger partial charge in [0.15, 0.2) is 0 Å². The number of carbonyl (C=O) groups excluding carboxylic acids is 7. The quantitative estimate of drug-likeness (QED) is 0.0352. The Hall–Kier alpha value is -4.40. The Bertz CT molecular complexity index is 1270. The molecule has 296 valence electrons. The van der Waals surface area contributed by atoms with Gasteiger partial charge in [-0.05, 0) is 57.4 Å². The fourth-order valence-electron chi connectivity index (χ4n) is 5.52. The van der Waals surface area contributed by atoms with Crippen molar-refractivity contribution in [2.45, 2.75) is 122 Å². The van der Waals surface area contributed by atoms with Crippen LogP contribution in [-0.4, -0.2) is 120 Å². The van der Waals surface area contributed by atoms with Gasteiger partial charge in [-0.1, -0.05) is 34.1 Å². The first-order valence-corrected chi connectivity index (χ1v) is 17.6. The van der Waals surface area contributed by atoms with Crippen molar-refractivity contribution in [1.29, 1.82) is 0 Å². The van der Waals surface area contributed by atoms with Gasteiger partial charge in [0.1, 0.15) is 36.5 Å². The number of nitrogens with one attached hydrogen (secondary N) is 6. The van der Waals surface area contributed by atoms with Gasteiger partial charge in [-0.3, -0.25) is 38.9 Å². The smallest absolute Gasteiger partial charge is 0.326 e. The van der Waals surface area contributed by atoms with E-state index in [1.165, 1.54) is 11.8 Å². The summed E-state index contributed by atoms with van der Waals surface area (Å²) in [4.78, 5) is 103. The van der Waals surface area contributed by atoms with Crippen LogP contribution in [0.5, 0.6) is 0 Å². The molecule has 0 bridgehead atoms. The number of hydrogen-bond acceptors (Lipinski definition) is 12. The van der Waals surface area contributed by atoms with E-state index < -0.39 is 109 Å². The average Bonchev–Trinajstić information content (AvgIpc) is 3.55. The second kappa shape index (κ2) is 22.5. The van der Waals surface area contributed by atoms with Gasteiger partial charge in [-0.15, -0.1) is 0 Å². The molecule has 7 amide bonds. The normalized spacial score (nSPS) is 17.7. The summed E-state index contributed by atoms with van der Waals surface area (Å²) >= 11 is 0. The third kappa shape index (κ3) is 15.9. The van der Waals surface area contributed by atoms with E-state index in [4.69, 9.17) is 22.9 Å². The van der Waals surface area contributed by atoms with E-state index in [1.807, 2.05) is 13.8 Å². The molecule has 1 heterocycles. The molecule has 0 saturated carbocycles.